The minimum absolute atomic E-state index is 0.0131. The van der Waals surface area contributed by atoms with Gasteiger partial charge in [-0.1, -0.05) is 12.1 Å². The number of ether oxygens (including phenoxy) is 1. The molecule has 2 heterocycles. The van der Waals surface area contributed by atoms with Gasteiger partial charge in [0.25, 0.3) is 5.69 Å². The summed E-state index contributed by atoms with van der Waals surface area (Å²) in [6, 6.07) is 10.2. The van der Waals surface area contributed by atoms with Crippen molar-refractivity contribution in [3.63, 3.8) is 0 Å². The van der Waals surface area contributed by atoms with Gasteiger partial charge >= 0.3 is 0 Å². The Morgan fingerprint density at radius 1 is 1.28 bits per heavy atom. The number of rotatable bonds is 3. The van der Waals surface area contributed by atoms with E-state index in [9.17, 15) is 20.2 Å². The molecule has 2 aromatic rings. The highest BCUT2D eigenvalue weighted by atomic mass is 16.6. The van der Waals surface area contributed by atoms with E-state index in [-0.39, 0.29) is 22.9 Å². The summed E-state index contributed by atoms with van der Waals surface area (Å²) in [5, 5.41) is 20.8. The zero-order valence-corrected chi connectivity index (χ0v) is 15.6. The lowest BCUT2D eigenvalue weighted by Crippen LogP contribution is -2.27. The number of benzene rings is 1. The van der Waals surface area contributed by atoms with Crippen LogP contribution >= 0.6 is 0 Å². The summed E-state index contributed by atoms with van der Waals surface area (Å²) < 4.78 is 11.5. The molecule has 146 valence electrons. The molecule has 0 bridgehead atoms. The van der Waals surface area contributed by atoms with Crippen LogP contribution in [-0.2, 0) is 9.53 Å². The van der Waals surface area contributed by atoms with Gasteiger partial charge in [-0.25, -0.2) is 0 Å². The fourth-order valence-electron chi connectivity index (χ4n) is 3.76. The number of Topliss-reactive ketones (excluding diaryl/α,β-unsaturated/α-hetero) is 1. The SMILES string of the molecule is Cc1ccc(-c2ccc([C@H]3C(C#N)=C(N)OC4=C3C(=O)CCC4)o2)cc1[N+](=O)[O-]. The summed E-state index contributed by atoms with van der Waals surface area (Å²) in [7, 11) is 0. The number of carbonyl (C=O) groups is 1. The van der Waals surface area contributed by atoms with E-state index in [2.05, 4.69) is 0 Å². The standard InChI is InChI=1S/C21H17N3O5/c1-11-5-6-12(9-14(11)24(26)27)16-7-8-18(28-16)19-13(10-22)21(23)29-17-4-2-3-15(25)20(17)19/h5-9,19H,2-4,23H2,1H3/t19-/m1/s1. The summed E-state index contributed by atoms with van der Waals surface area (Å²) in [4.78, 5) is 23.4. The van der Waals surface area contributed by atoms with Crippen molar-refractivity contribution in [2.45, 2.75) is 32.1 Å². The lowest BCUT2D eigenvalue weighted by Gasteiger charge is -2.29. The van der Waals surface area contributed by atoms with Gasteiger partial charge in [-0.3, -0.25) is 14.9 Å². The van der Waals surface area contributed by atoms with Crippen molar-refractivity contribution in [1.82, 2.24) is 0 Å². The van der Waals surface area contributed by atoms with Gasteiger partial charge in [0.1, 0.15) is 28.9 Å². The molecule has 1 aliphatic carbocycles. The number of nitro benzene ring substituents is 1. The van der Waals surface area contributed by atoms with Crippen molar-refractivity contribution in [1.29, 1.82) is 5.26 Å². The molecule has 2 aliphatic rings. The van der Waals surface area contributed by atoms with Crippen LogP contribution in [0.25, 0.3) is 11.3 Å². The summed E-state index contributed by atoms with van der Waals surface area (Å²) in [5.74, 6) is 0.373. The summed E-state index contributed by atoms with van der Waals surface area (Å²) in [6.45, 7) is 1.66. The second-order valence-corrected chi connectivity index (χ2v) is 7.00. The van der Waals surface area contributed by atoms with Crippen molar-refractivity contribution in [3.05, 3.63) is 74.6 Å². The zero-order valence-electron chi connectivity index (χ0n) is 15.6. The average molecular weight is 391 g/mol. The number of ketones is 1. The first-order valence-corrected chi connectivity index (χ1v) is 9.09. The Labute approximate surface area is 166 Å². The lowest BCUT2D eigenvalue weighted by molar-refractivity contribution is -0.385. The third-order valence-electron chi connectivity index (χ3n) is 5.21. The number of hydrogen-bond acceptors (Lipinski definition) is 7. The topological polar surface area (TPSA) is 132 Å². The maximum Gasteiger partial charge on any atom is 0.273 e. The second kappa shape index (κ2) is 6.95. The first kappa shape index (κ1) is 18.5. The Balaban J connectivity index is 1.80. The molecule has 1 aromatic carbocycles. The Bertz CT molecular complexity index is 1150. The van der Waals surface area contributed by atoms with Gasteiger partial charge < -0.3 is 14.9 Å². The Hall–Kier alpha value is -3.86. The maximum absolute atomic E-state index is 12.6. The molecule has 2 N–H and O–H groups in total. The maximum atomic E-state index is 12.6. The van der Waals surface area contributed by atoms with Gasteiger partial charge in [0.05, 0.1) is 10.8 Å². The smallest absolute Gasteiger partial charge is 0.273 e. The first-order chi connectivity index (χ1) is 13.9. The van der Waals surface area contributed by atoms with Crippen LogP contribution in [0.15, 0.2) is 57.5 Å². The normalized spacial score (nSPS) is 18.9. The molecule has 0 saturated heterocycles. The highest BCUT2D eigenvalue weighted by Gasteiger charge is 2.39. The van der Waals surface area contributed by atoms with Gasteiger partial charge in [-0.15, -0.1) is 0 Å². The van der Waals surface area contributed by atoms with Crippen molar-refractivity contribution < 1.29 is 18.9 Å². The summed E-state index contributed by atoms with van der Waals surface area (Å²) in [6.07, 6.45) is 1.60. The quantitative estimate of drug-likeness (QED) is 0.618. The molecule has 0 unspecified atom stereocenters. The van der Waals surface area contributed by atoms with E-state index < -0.39 is 10.8 Å². The number of allylic oxidation sites excluding steroid dienone is 3. The van der Waals surface area contributed by atoms with Crippen LogP contribution in [0.1, 0.15) is 36.5 Å². The average Bonchev–Trinajstić information content (AvgIpc) is 3.17. The molecule has 8 heteroatoms. The molecule has 1 aromatic heterocycles. The molecule has 4 rings (SSSR count). The van der Waals surface area contributed by atoms with Gasteiger partial charge in [0.2, 0.25) is 5.88 Å². The van der Waals surface area contributed by atoms with Crippen LogP contribution in [0.3, 0.4) is 0 Å². The van der Waals surface area contributed by atoms with Crippen molar-refractivity contribution in [2.24, 2.45) is 5.73 Å². The van der Waals surface area contributed by atoms with Crippen molar-refractivity contribution >= 4 is 11.5 Å². The second-order valence-electron chi connectivity index (χ2n) is 7.00. The van der Waals surface area contributed by atoms with Crippen LogP contribution in [0.4, 0.5) is 5.69 Å². The number of aryl methyl sites for hydroxylation is 1. The van der Waals surface area contributed by atoms with Gasteiger partial charge in [0.15, 0.2) is 5.78 Å². The van der Waals surface area contributed by atoms with E-state index in [0.29, 0.717) is 53.2 Å². The van der Waals surface area contributed by atoms with Crippen LogP contribution < -0.4 is 5.73 Å². The number of carbonyl (C=O) groups excluding carboxylic acids is 1. The zero-order chi connectivity index (χ0) is 20.7. The van der Waals surface area contributed by atoms with Gasteiger partial charge in [-0.05, 0) is 25.5 Å². The van der Waals surface area contributed by atoms with E-state index in [1.807, 2.05) is 6.07 Å². The van der Waals surface area contributed by atoms with E-state index in [4.69, 9.17) is 14.9 Å². The molecule has 1 aliphatic heterocycles. The molecule has 0 radical (unpaired) electrons. The molecule has 0 fully saturated rings. The lowest BCUT2D eigenvalue weighted by atomic mass is 9.80. The van der Waals surface area contributed by atoms with Crippen LogP contribution in [0.2, 0.25) is 0 Å². The van der Waals surface area contributed by atoms with Crippen molar-refractivity contribution in [2.75, 3.05) is 0 Å². The first-order valence-electron chi connectivity index (χ1n) is 9.09. The number of nitrogens with zero attached hydrogens (tertiary/aromatic N) is 2. The Morgan fingerprint density at radius 3 is 2.79 bits per heavy atom. The predicted octanol–water partition coefficient (Wildman–Crippen LogP) is 3.98. The molecule has 29 heavy (non-hydrogen) atoms. The monoisotopic (exact) mass is 391 g/mol. The van der Waals surface area contributed by atoms with Gasteiger partial charge in [-0.2, -0.15) is 5.26 Å². The largest absolute Gasteiger partial charge is 0.460 e. The van der Waals surface area contributed by atoms with E-state index in [1.54, 1.807) is 31.2 Å². The van der Waals surface area contributed by atoms with Crippen LogP contribution in [-0.4, -0.2) is 10.7 Å². The number of nitrogens with two attached hydrogens (primary N) is 1. The Kier molecular flexibility index (Phi) is 4.43. The molecular weight excluding hydrogens is 374 g/mol. The molecule has 0 amide bonds. The van der Waals surface area contributed by atoms with Crippen LogP contribution in [0.5, 0.6) is 0 Å². The van der Waals surface area contributed by atoms with Crippen molar-refractivity contribution in [3.8, 4) is 17.4 Å². The fourth-order valence-corrected chi connectivity index (χ4v) is 3.76. The van der Waals surface area contributed by atoms with E-state index in [0.717, 1.165) is 0 Å². The fraction of sp³-hybridized carbons (Fsp3) is 0.238. The molecule has 0 saturated carbocycles. The molecule has 8 nitrogen and oxygen atoms in total. The van der Waals surface area contributed by atoms with Crippen LogP contribution in [0, 0.1) is 28.4 Å². The number of nitriles is 1. The van der Waals surface area contributed by atoms with Gasteiger partial charge in [0, 0.05) is 35.6 Å². The Morgan fingerprint density at radius 2 is 2.07 bits per heavy atom. The van der Waals surface area contributed by atoms with E-state index in [1.165, 1.54) is 6.07 Å². The predicted molar refractivity (Wildman–Crippen MR) is 102 cm³/mol. The molecular formula is C21H17N3O5. The minimum atomic E-state index is -0.745. The van der Waals surface area contributed by atoms with E-state index >= 15 is 0 Å². The third-order valence-corrected chi connectivity index (χ3v) is 5.21. The number of furan rings is 1. The number of nitro groups is 1. The highest BCUT2D eigenvalue weighted by molar-refractivity contribution is 5.99. The molecule has 0 spiro atoms. The highest BCUT2D eigenvalue weighted by Crippen LogP contribution is 2.44. The summed E-state index contributed by atoms with van der Waals surface area (Å²) >= 11 is 0. The summed E-state index contributed by atoms with van der Waals surface area (Å²) in [5.41, 5.74) is 7.51. The third kappa shape index (κ3) is 3.06. The number of hydrogen-bond donors (Lipinski definition) is 1. The minimum Gasteiger partial charge on any atom is -0.460 e. The molecule has 1 atom stereocenters.